The lowest BCUT2D eigenvalue weighted by atomic mass is 10.0. The third kappa shape index (κ3) is 2.81. The minimum absolute atomic E-state index is 0.119. The van der Waals surface area contributed by atoms with Gasteiger partial charge < -0.3 is 15.4 Å². The molecule has 1 aliphatic heterocycles. The highest BCUT2D eigenvalue weighted by Gasteiger charge is 2.32. The third-order valence-corrected chi connectivity index (χ3v) is 3.88. The maximum Gasteiger partial charge on any atom is 0.0805 e. The van der Waals surface area contributed by atoms with Crippen LogP contribution in [0, 0.1) is 6.92 Å². The first kappa shape index (κ1) is 13.7. The van der Waals surface area contributed by atoms with Crippen LogP contribution in [-0.4, -0.2) is 24.8 Å². The van der Waals surface area contributed by atoms with Crippen LogP contribution in [-0.2, 0) is 4.74 Å². The van der Waals surface area contributed by atoms with Crippen molar-refractivity contribution in [3.63, 3.8) is 0 Å². The number of nitrogens with zero attached hydrogens (tertiary/aromatic N) is 1. The van der Waals surface area contributed by atoms with Crippen molar-refractivity contribution in [2.75, 3.05) is 23.7 Å². The number of hydrogen-bond acceptors (Lipinski definition) is 3. The molecule has 1 unspecified atom stereocenters. The summed E-state index contributed by atoms with van der Waals surface area (Å²) in [5.74, 6) is 0. The molecule has 3 nitrogen and oxygen atoms in total. The predicted molar refractivity (Wildman–Crippen MR) is 80.1 cm³/mol. The van der Waals surface area contributed by atoms with Gasteiger partial charge in [0.25, 0.3) is 0 Å². The summed E-state index contributed by atoms with van der Waals surface area (Å²) in [7, 11) is 0. The van der Waals surface area contributed by atoms with Crippen LogP contribution >= 0.6 is 15.9 Å². The van der Waals surface area contributed by atoms with Crippen LogP contribution in [0.15, 0.2) is 16.6 Å². The fraction of sp³-hybridized carbons (Fsp3) is 0.571. The summed E-state index contributed by atoms with van der Waals surface area (Å²) in [5.41, 5.74) is 8.95. The smallest absolute Gasteiger partial charge is 0.0805 e. The van der Waals surface area contributed by atoms with Crippen LogP contribution in [0.5, 0.6) is 0 Å². The quantitative estimate of drug-likeness (QED) is 0.808. The number of rotatable bonds is 1. The molecule has 0 spiro atoms. The number of benzene rings is 1. The van der Waals surface area contributed by atoms with Crippen LogP contribution in [0.1, 0.15) is 26.3 Å². The van der Waals surface area contributed by atoms with E-state index in [-0.39, 0.29) is 11.7 Å². The lowest BCUT2D eigenvalue weighted by Crippen LogP contribution is -2.52. The Morgan fingerprint density at radius 1 is 1.44 bits per heavy atom. The van der Waals surface area contributed by atoms with Gasteiger partial charge in [-0.3, -0.25) is 0 Å². The molecule has 1 heterocycles. The second-order valence-corrected chi connectivity index (χ2v) is 6.58. The predicted octanol–water partition coefficient (Wildman–Crippen LogP) is 3.34. The molecule has 0 aliphatic carbocycles. The number of morpholine rings is 1. The van der Waals surface area contributed by atoms with E-state index in [9.17, 15) is 0 Å². The second kappa shape index (κ2) is 4.74. The van der Waals surface area contributed by atoms with E-state index in [2.05, 4.69) is 47.7 Å². The SMILES string of the molecule is Cc1cc(N2CC(C)OC(C)(C)C2)c(Br)cc1N. The van der Waals surface area contributed by atoms with Crippen molar-refractivity contribution >= 4 is 27.3 Å². The summed E-state index contributed by atoms with van der Waals surface area (Å²) in [6, 6.07) is 4.13. The lowest BCUT2D eigenvalue weighted by molar-refractivity contribution is -0.0750. The largest absolute Gasteiger partial charge is 0.398 e. The number of hydrogen-bond donors (Lipinski definition) is 1. The normalized spacial score (nSPS) is 23.2. The zero-order chi connectivity index (χ0) is 13.5. The molecule has 4 heteroatoms. The Labute approximate surface area is 117 Å². The number of aryl methyl sites for hydroxylation is 1. The molecule has 1 aromatic carbocycles. The molecule has 1 aliphatic rings. The number of ether oxygens (including phenoxy) is 1. The van der Waals surface area contributed by atoms with Gasteiger partial charge in [-0.2, -0.15) is 0 Å². The van der Waals surface area contributed by atoms with Gasteiger partial charge in [0.1, 0.15) is 0 Å². The number of nitrogens with two attached hydrogens (primary N) is 1. The first-order valence-electron chi connectivity index (χ1n) is 6.27. The Balaban J connectivity index is 2.34. The van der Waals surface area contributed by atoms with E-state index in [1.807, 2.05) is 13.0 Å². The highest BCUT2D eigenvalue weighted by molar-refractivity contribution is 9.10. The number of halogens is 1. The number of anilines is 2. The highest BCUT2D eigenvalue weighted by atomic mass is 79.9. The molecule has 2 rings (SSSR count). The van der Waals surface area contributed by atoms with Crippen molar-refractivity contribution in [1.82, 2.24) is 0 Å². The molecule has 18 heavy (non-hydrogen) atoms. The average Bonchev–Trinajstić information content (AvgIpc) is 2.20. The molecular formula is C14H21BrN2O. The van der Waals surface area contributed by atoms with E-state index < -0.39 is 0 Å². The summed E-state index contributed by atoms with van der Waals surface area (Å²) in [4.78, 5) is 2.37. The van der Waals surface area contributed by atoms with Gasteiger partial charge in [-0.05, 0) is 61.3 Å². The molecule has 1 saturated heterocycles. The maximum absolute atomic E-state index is 5.94. The van der Waals surface area contributed by atoms with Crippen LogP contribution in [0.25, 0.3) is 0 Å². The monoisotopic (exact) mass is 312 g/mol. The first-order valence-corrected chi connectivity index (χ1v) is 7.06. The Kier molecular flexibility index (Phi) is 3.60. The van der Waals surface area contributed by atoms with Crippen molar-refractivity contribution in [3.05, 3.63) is 22.2 Å². The molecule has 1 fully saturated rings. The topological polar surface area (TPSA) is 38.5 Å². The summed E-state index contributed by atoms with van der Waals surface area (Å²) in [5, 5.41) is 0. The van der Waals surface area contributed by atoms with Gasteiger partial charge in [0.2, 0.25) is 0 Å². The van der Waals surface area contributed by atoms with Crippen molar-refractivity contribution in [3.8, 4) is 0 Å². The van der Waals surface area contributed by atoms with Crippen molar-refractivity contribution in [2.45, 2.75) is 39.4 Å². The van der Waals surface area contributed by atoms with Gasteiger partial charge >= 0.3 is 0 Å². The second-order valence-electron chi connectivity index (χ2n) is 5.73. The van der Waals surface area contributed by atoms with E-state index in [0.29, 0.717) is 0 Å². The number of nitrogen functional groups attached to an aromatic ring is 1. The molecule has 1 atom stereocenters. The molecule has 0 aromatic heterocycles. The van der Waals surface area contributed by atoms with E-state index in [0.717, 1.165) is 28.8 Å². The summed E-state index contributed by atoms with van der Waals surface area (Å²) in [6.45, 7) is 10.2. The standard InChI is InChI=1S/C14H21BrN2O/c1-9-5-13(11(15)6-12(9)16)17-7-10(2)18-14(3,4)8-17/h5-6,10H,7-8,16H2,1-4H3. The minimum Gasteiger partial charge on any atom is -0.398 e. The van der Waals surface area contributed by atoms with Gasteiger partial charge in [-0.15, -0.1) is 0 Å². The molecule has 100 valence electrons. The molecule has 0 saturated carbocycles. The molecule has 0 bridgehead atoms. The third-order valence-electron chi connectivity index (χ3n) is 3.25. The van der Waals surface area contributed by atoms with Gasteiger partial charge in [-0.1, -0.05) is 0 Å². The molecule has 0 radical (unpaired) electrons. The van der Waals surface area contributed by atoms with Crippen LogP contribution < -0.4 is 10.6 Å². The fourth-order valence-corrected chi connectivity index (χ4v) is 3.17. The zero-order valence-corrected chi connectivity index (χ0v) is 13.0. The average molecular weight is 313 g/mol. The highest BCUT2D eigenvalue weighted by Crippen LogP contribution is 2.34. The fourth-order valence-electron chi connectivity index (χ4n) is 2.56. The van der Waals surface area contributed by atoms with Gasteiger partial charge in [0.05, 0.1) is 17.4 Å². The van der Waals surface area contributed by atoms with E-state index >= 15 is 0 Å². The summed E-state index contributed by atoms with van der Waals surface area (Å²) < 4.78 is 6.99. The molecule has 1 aromatic rings. The van der Waals surface area contributed by atoms with Gasteiger partial charge in [-0.25, -0.2) is 0 Å². The van der Waals surface area contributed by atoms with Crippen molar-refractivity contribution in [2.24, 2.45) is 0 Å². The zero-order valence-electron chi connectivity index (χ0n) is 11.5. The Morgan fingerprint density at radius 3 is 2.72 bits per heavy atom. The lowest BCUT2D eigenvalue weighted by Gasteiger charge is -2.43. The van der Waals surface area contributed by atoms with Crippen LogP contribution in [0.4, 0.5) is 11.4 Å². The van der Waals surface area contributed by atoms with Crippen LogP contribution in [0.3, 0.4) is 0 Å². The van der Waals surface area contributed by atoms with Crippen molar-refractivity contribution < 1.29 is 4.74 Å². The maximum atomic E-state index is 5.94. The molecule has 2 N–H and O–H groups in total. The van der Waals surface area contributed by atoms with Gasteiger partial charge in [0, 0.05) is 23.2 Å². The van der Waals surface area contributed by atoms with Gasteiger partial charge in [0.15, 0.2) is 0 Å². The Hall–Kier alpha value is -0.740. The van der Waals surface area contributed by atoms with E-state index in [4.69, 9.17) is 10.5 Å². The molecule has 0 amide bonds. The summed E-state index contributed by atoms with van der Waals surface area (Å²) >= 11 is 3.61. The summed E-state index contributed by atoms with van der Waals surface area (Å²) in [6.07, 6.45) is 0.235. The van der Waals surface area contributed by atoms with E-state index in [1.54, 1.807) is 0 Å². The Bertz CT molecular complexity index is 459. The van der Waals surface area contributed by atoms with Crippen LogP contribution in [0.2, 0.25) is 0 Å². The van der Waals surface area contributed by atoms with Crippen molar-refractivity contribution in [1.29, 1.82) is 0 Å². The Morgan fingerprint density at radius 2 is 2.11 bits per heavy atom. The minimum atomic E-state index is -0.119. The first-order chi connectivity index (χ1) is 8.28. The molecular weight excluding hydrogens is 292 g/mol. The van der Waals surface area contributed by atoms with E-state index in [1.165, 1.54) is 5.69 Å².